The highest BCUT2D eigenvalue weighted by Gasteiger charge is 2.17. The number of nitrogens with one attached hydrogen (secondary N) is 2. The topological polar surface area (TPSA) is 79.9 Å². The molecular formula is C25H24N4O2S. The summed E-state index contributed by atoms with van der Waals surface area (Å²) in [6, 6.07) is 27.5. The Morgan fingerprint density at radius 3 is 2.25 bits per heavy atom. The van der Waals surface area contributed by atoms with Crippen molar-refractivity contribution in [2.45, 2.75) is 24.7 Å². The lowest BCUT2D eigenvalue weighted by Gasteiger charge is -2.19. The van der Waals surface area contributed by atoms with E-state index in [0.29, 0.717) is 11.0 Å². The Morgan fingerprint density at radius 2 is 1.59 bits per heavy atom. The molecule has 1 amide bonds. The van der Waals surface area contributed by atoms with Crippen molar-refractivity contribution in [3.05, 3.63) is 107 Å². The molecule has 0 fully saturated rings. The fourth-order valence-electron chi connectivity index (χ4n) is 3.25. The molecule has 0 bridgehead atoms. The molecule has 4 rings (SSSR count). The molecule has 0 unspecified atom stereocenters. The highest BCUT2D eigenvalue weighted by Crippen LogP contribution is 2.23. The van der Waals surface area contributed by atoms with Gasteiger partial charge >= 0.3 is 0 Å². The maximum absolute atomic E-state index is 12.7. The second-order valence-corrected chi connectivity index (χ2v) is 8.17. The van der Waals surface area contributed by atoms with E-state index in [1.165, 1.54) is 11.8 Å². The molecular weight excluding hydrogens is 420 g/mol. The third kappa shape index (κ3) is 5.76. The Hall–Kier alpha value is -3.58. The van der Waals surface area contributed by atoms with Crippen molar-refractivity contribution in [3.8, 4) is 5.75 Å². The van der Waals surface area contributed by atoms with Crippen molar-refractivity contribution in [2.24, 2.45) is 0 Å². The minimum atomic E-state index is -0.212. The zero-order valence-electron chi connectivity index (χ0n) is 17.7. The molecule has 0 atom stereocenters. The maximum atomic E-state index is 12.7. The summed E-state index contributed by atoms with van der Waals surface area (Å²) in [6.45, 7) is 2.28. The molecule has 2 N–H and O–H groups in total. The average molecular weight is 445 g/mol. The van der Waals surface area contributed by atoms with Crippen molar-refractivity contribution in [1.82, 2.24) is 20.5 Å². The number of nitrogens with zero attached hydrogens (tertiary/aromatic N) is 2. The average Bonchev–Trinajstić information content (AvgIpc) is 3.30. The molecule has 162 valence electrons. The van der Waals surface area contributed by atoms with E-state index < -0.39 is 0 Å². The van der Waals surface area contributed by atoms with Crippen LogP contribution < -0.4 is 10.1 Å². The van der Waals surface area contributed by atoms with Crippen LogP contribution in [0.5, 0.6) is 5.75 Å². The number of ether oxygens (including phenoxy) is 1. The Bertz CT molecular complexity index is 1110. The van der Waals surface area contributed by atoms with Crippen molar-refractivity contribution in [2.75, 3.05) is 5.75 Å². The van der Waals surface area contributed by atoms with Gasteiger partial charge in [0.15, 0.2) is 5.82 Å². The van der Waals surface area contributed by atoms with Crippen LogP contribution in [0.2, 0.25) is 0 Å². The van der Waals surface area contributed by atoms with Gasteiger partial charge in [-0.15, -0.1) is 5.10 Å². The number of thioether (sulfide) groups is 1. The normalized spacial score (nSPS) is 10.8. The molecule has 7 heteroatoms. The first kappa shape index (κ1) is 21.6. The van der Waals surface area contributed by atoms with E-state index in [9.17, 15) is 4.79 Å². The third-order valence-corrected chi connectivity index (χ3v) is 5.72. The van der Waals surface area contributed by atoms with Gasteiger partial charge in [0.25, 0.3) is 0 Å². The van der Waals surface area contributed by atoms with Crippen LogP contribution in [0.4, 0.5) is 0 Å². The van der Waals surface area contributed by atoms with Crippen molar-refractivity contribution < 1.29 is 9.53 Å². The maximum Gasteiger partial charge on any atom is 0.231 e. The monoisotopic (exact) mass is 444 g/mol. The van der Waals surface area contributed by atoms with Gasteiger partial charge in [-0.05, 0) is 29.7 Å². The molecule has 1 heterocycles. The highest BCUT2D eigenvalue weighted by atomic mass is 32.2. The zero-order chi connectivity index (χ0) is 22.2. The van der Waals surface area contributed by atoms with Gasteiger partial charge in [0.2, 0.25) is 11.1 Å². The molecule has 1 aromatic heterocycles. The van der Waals surface area contributed by atoms with Crippen LogP contribution in [0.25, 0.3) is 0 Å². The summed E-state index contributed by atoms with van der Waals surface area (Å²) < 4.78 is 5.79. The fraction of sp³-hybridized carbons (Fsp3) is 0.160. The van der Waals surface area contributed by atoms with Crippen LogP contribution in [0, 0.1) is 6.92 Å². The zero-order valence-corrected chi connectivity index (χ0v) is 18.5. The molecule has 0 spiro atoms. The van der Waals surface area contributed by atoms with Crippen LogP contribution in [0.3, 0.4) is 0 Å². The van der Waals surface area contributed by atoms with Crippen LogP contribution in [0.1, 0.15) is 28.6 Å². The highest BCUT2D eigenvalue weighted by molar-refractivity contribution is 7.99. The molecule has 32 heavy (non-hydrogen) atoms. The first-order valence-electron chi connectivity index (χ1n) is 10.3. The molecule has 3 aromatic carbocycles. The van der Waals surface area contributed by atoms with E-state index >= 15 is 0 Å². The Labute approximate surface area is 191 Å². The van der Waals surface area contributed by atoms with Gasteiger partial charge in [-0.1, -0.05) is 90.6 Å². The van der Waals surface area contributed by atoms with E-state index in [4.69, 9.17) is 4.74 Å². The number of aryl methyl sites for hydroxylation is 1. The van der Waals surface area contributed by atoms with Gasteiger partial charge in [0, 0.05) is 0 Å². The van der Waals surface area contributed by atoms with Crippen LogP contribution in [0.15, 0.2) is 90.1 Å². The van der Waals surface area contributed by atoms with Gasteiger partial charge in [-0.3, -0.25) is 9.89 Å². The lowest BCUT2D eigenvalue weighted by molar-refractivity contribution is -0.119. The largest absolute Gasteiger partial charge is 0.485 e. The first-order valence-corrected chi connectivity index (χ1v) is 11.3. The number of H-pyrrole nitrogens is 1. The molecule has 0 aliphatic carbocycles. The fourth-order valence-corrected chi connectivity index (χ4v) is 3.88. The predicted octanol–water partition coefficient (Wildman–Crippen LogP) is 4.69. The van der Waals surface area contributed by atoms with E-state index in [-0.39, 0.29) is 24.3 Å². The quantitative estimate of drug-likeness (QED) is 0.366. The number of rotatable bonds is 9. The summed E-state index contributed by atoms with van der Waals surface area (Å²) in [7, 11) is 0. The summed E-state index contributed by atoms with van der Waals surface area (Å²) in [6.07, 6.45) is 0. The van der Waals surface area contributed by atoms with Crippen LogP contribution in [-0.2, 0) is 11.4 Å². The minimum absolute atomic E-state index is 0.0878. The molecule has 0 saturated heterocycles. The molecule has 6 nitrogen and oxygen atoms in total. The van der Waals surface area contributed by atoms with Gasteiger partial charge in [0.05, 0.1) is 11.8 Å². The van der Waals surface area contributed by atoms with E-state index in [1.807, 2.05) is 91.9 Å². The van der Waals surface area contributed by atoms with Gasteiger partial charge < -0.3 is 10.1 Å². The Kier molecular flexibility index (Phi) is 7.19. The summed E-state index contributed by atoms with van der Waals surface area (Å²) in [5.41, 5.74) is 3.13. The summed E-state index contributed by atoms with van der Waals surface area (Å²) in [4.78, 5) is 17.1. The van der Waals surface area contributed by atoms with Gasteiger partial charge in [-0.25, -0.2) is 4.98 Å². The third-order valence-electron chi connectivity index (χ3n) is 4.87. The van der Waals surface area contributed by atoms with Gasteiger partial charge in [-0.2, -0.15) is 0 Å². The lowest BCUT2D eigenvalue weighted by Crippen LogP contribution is -2.30. The predicted molar refractivity (Wildman–Crippen MR) is 125 cm³/mol. The number of benzene rings is 3. The number of hydrogen-bond acceptors (Lipinski definition) is 5. The van der Waals surface area contributed by atoms with Crippen molar-refractivity contribution in [1.29, 1.82) is 0 Å². The second kappa shape index (κ2) is 10.6. The number of aromatic nitrogens is 3. The first-order chi connectivity index (χ1) is 15.7. The Balaban J connectivity index is 1.33. The lowest BCUT2D eigenvalue weighted by atomic mass is 9.99. The minimum Gasteiger partial charge on any atom is -0.485 e. The molecule has 4 aromatic rings. The smallest absolute Gasteiger partial charge is 0.231 e. The standard InChI is InChI=1S/C25H24N4O2S/c1-18-10-8-9-15-21(18)31-16-22-26-25(29-28-22)32-17-23(30)27-24(19-11-4-2-5-12-19)20-13-6-3-7-14-20/h2-15,24H,16-17H2,1H3,(H,27,30)(H,26,28,29). The number of carbonyl (C=O) groups is 1. The summed E-state index contributed by atoms with van der Waals surface area (Å²) in [5, 5.41) is 10.7. The molecule has 0 aliphatic rings. The summed E-state index contributed by atoms with van der Waals surface area (Å²) >= 11 is 1.29. The number of para-hydroxylation sites is 1. The summed E-state index contributed by atoms with van der Waals surface area (Å²) in [5.74, 6) is 1.55. The number of hydrogen-bond donors (Lipinski definition) is 2. The second-order valence-electron chi connectivity index (χ2n) is 7.23. The van der Waals surface area contributed by atoms with Crippen molar-refractivity contribution >= 4 is 17.7 Å². The Morgan fingerprint density at radius 1 is 0.969 bits per heavy atom. The SMILES string of the molecule is Cc1ccccc1OCc1nc(SCC(=O)NC(c2ccccc2)c2ccccc2)n[nH]1. The van der Waals surface area contributed by atoms with Crippen molar-refractivity contribution in [3.63, 3.8) is 0 Å². The molecule has 0 saturated carbocycles. The molecule has 0 aliphatic heterocycles. The van der Waals surface area contributed by atoms with E-state index in [2.05, 4.69) is 20.5 Å². The van der Waals surface area contributed by atoms with E-state index in [0.717, 1.165) is 22.4 Å². The molecule has 0 radical (unpaired) electrons. The van der Waals surface area contributed by atoms with E-state index in [1.54, 1.807) is 0 Å². The van der Waals surface area contributed by atoms with Crippen LogP contribution in [-0.4, -0.2) is 26.8 Å². The number of carbonyl (C=O) groups excluding carboxylic acids is 1. The number of aromatic amines is 1. The van der Waals surface area contributed by atoms with Crippen LogP contribution >= 0.6 is 11.8 Å². The number of amides is 1. The van der Waals surface area contributed by atoms with Gasteiger partial charge in [0.1, 0.15) is 12.4 Å².